The van der Waals surface area contributed by atoms with E-state index < -0.39 is 15.9 Å². The molecule has 3 N–H and O–H groups in total. The van der Waals surface area contributed by atoms with Crippen molar-refractivity contribution in [2.75, 3.05) is 16.6 Å². The van der Waals surface area contributed by atoms with Gasteiger partial charge in [0.25, 0.3) is 21.8 Å². The van der Waals surface area contributed by atoms with E-state index >= 15 is 0 Å². The number of amides is 2. The predicted molar refractivity (Wildman–Crippen MR) is 123 cm³/mol. The Hall–Kier alpha value is -3.72. The van der Waals surface area contributed by atoms with Gasteiger partial charge in [0.05, 0.1) is 21.8 Å². The maximum atomic E-state index is 12.7. The number of pyridine rings is 1. The van der Waals surface area contributed by atoms with Crippen molar-refractivity contribution in [1.82, 2.24) is 10.3 Å². The first kappa shape index (κ1) is 23.0. The van der Waals surface area contributed by atoms with Gasteiger partial charge >= 0.3 is 0 Å². The standard InChI is InChI=1S/C23H24N4O4S/c1-16(2)15-25-23(29)20-5-3-4-6-21(20)26-22(28)17-7-9-19(10-8-17)32(30,31)27-18-11-13-24-14-12-18/h3-14,16H,15H2,1-2H3,(H,24,27)(H,25,29)(H,26,28). The fourth-order valence-corrected chi connectivity index (χ4v) is 3.85. The van der Waals surface area contributed by atoms with Crippen LogP contribution in [0.5, 0.6) is 0 Å². The third-order valence-corrected chi connectivity index (χ3v) is 5.85. The van der Waals surface area contributed by atoms with Crippen molar-refractivity contribution in [3.63, 3.8) is 0 Å². The SMILES string of the molecule is CC(C)CNC(=O)c1ccccc1NC(=O)c1ccc(S(=O)(=O)Nc2ccncc2)cc1. The van der Waals surface area contributed by atoms with E-state index in [-0.39, 0.29) is 16.4 Å². The number of para-hydroxylation sites is 1. The number of rotatable bonds is 8. The average Bonchev–Trinajstić information content (AvgIpc) is 2.78. The molecule has 0 bridgehead atoms. The molecule has 2 aromatic carbocycles. The van der Waals surface area contributed by atoms with Crippen molar-refractivity contribution in [3.05, 3.63) is 84.2 Å². The fraction of sp³-hybridized carbons (Fsp3) is 0.174. The van der Waals surface area contributed by atoms with E-state index in [0.29, 0.717) is 29.4 Å². The number of carbonyl (C=O) groups excluding carboxylic acids is 2. The Morgan fingerprint density at radius 1 is 0.906 bits per heavy atom. The second kappa shape index (κ2) is 10.1. The second-order valence-electron chi connectivity index (χ2n) is 7.47. The number of carbonyl (C=O) groups is 2. The van der Waals surface area contributed by atoms with Crippen LogP contribution in [0, 0.1) is 5.92 Å². The monoisotopic (exact) mass is 452 g/mol. The van der Waals surface area contributed by atoms with E-state index in [1.165, 1.54) is 48.8 Å². The number of aromatic nitrogens is 1. The molecule has 0 aliphatic carbocycles. The molecule has 0 aliphatic rings. The molecule has 166 valence electrons. The van der Waals surface area contributed by atoms with E-state index in [4.69, 9.17) is 0 Å². The lowest BCUT2D eigenvalue weighted by molar-refractivity contribution is 0.0950. The third-order valence-electron chi connectivity index (χ3n) is 4.45. The van der Waals surface area contributed by atoms with Crippen LogP contribution in [0.15, 0.2) is 78.0 Å². The van der Waals surface area contributed by atoms with Gasteiger partial charge < -0.3 is 10.6 Å². The number of hydrogen-bond donors (Lipinski definition) is 3. The maximum Gasteiger partial charge on any atom is 0.261 e. The Morgan fingerprint density at radius 2 is 1.56 bits per heavy atom. The molecule has 0 saturated heterocycles. The van der Waals surface area contributed by atoms with Crippen molar-refractivity contribution < 1.29 is 18.0 Å². The first-order chi connectivity index (χ1) is 15.3. The van der Waals surface area contributed by atoms with Crippen molar-refractivity contribution in [2.45, 2.75) is 18.7 Å². The van der Waals surface area contributed by atoms with E-state index in [0.717, 1.165) is 0 Å². The van der Waals surface area contributed by atoms with Gasteiger partial charge in [0, 0.05) is 24.5 Å². The van der Waals surface area contributed by atoms with Crippen LogP contribution >= 0.6 is 0 Å². The van der Waals surface area contributed by atoms with Crippen LogP contribution in [0.2, 0.25) is 0 Å². The zero-order valence-electron chi connectivity index (χ0n) is 17.7. The summed E-state index contributed by atoms with van der Waals surface area (Å²) in [7, 11) is -3.81. The number of sulfonamides is 1. The van der Waals surface area contributed by atoms with Gasteiger partial charge in [-0.2, -0.15) is 0 Å². The molecule has 32 heavy (non-hydrogen) atoms. The molecule has 0 fully saturated rings. The van der Waals surface area contributed by atoms with Gasteiger partial charge in [-0.15, -0.1) is 0 Å². The molecule has 0 radical (unpaired) electrons. The highest BCUT2D eigenvalue weighted by atomic mass is 32.2. The van der Waals surface area contributed by atoms with Crippen LogP contribution in [0.4, 0.5) is 11.4 Å². The van der Waals surface area contributed by atoms with Gasteiger partial charge in [-0.3, -0.25) is 19.3 Å². The molecule has 3 aromatic rings. The Kier molecular flexibility index (Phi) is 7.21. The highest BCUT2D eigenvalue weighted by Gasteiger charge is 2.17. The van der Waals surface area contributed by atoms with E-state index in [9.17, 15) is 18.0 Å². The Bertz CT molecular complexity index is 1190. The highest BCUT2D eigenvalue weighted by Crippen LogP contribution is 2.19. The molecule has 1 aromatic heterocycles. The molecule has 0 atom stereocenters. The molecule has 0 spiro atoms. The minimum Gasteiger partial charge on any atom is -0.352 e. The van der Waals surface area contributed by atoms with Crippen molar-refractivity contribution >= 4 is 33.2 Å². The lowest BCUT2D eigenvalue weighted by atomic mass is 10.1. The van der Waals surface area contributed by atoms with E-state index in [1.54, 1.807) is 24.3 Å². The summed E-state index contributed by atoms with van der Waals surface area (Å²) < 4.78 is 27.5. The molecule has 0 aliphatic heterocycles. The molecule has 0 unspecified atom stereocenters. The minimum absolute atomic E-state index is 0.0133. The molecule has 0 saturated carbocycles. The number of anilines is 2. The van der Waals surface area contributed by atoms with Crippen LogP contribution in [0.25, 0.3) is 0 Å². The molecular weight excluding hydrogens is 428 g/mol. The largest absolute Gasteiger partial charge is 0.352 e. The molecule has 1 heterocycles. The van der Waals surface area contributed by atoms with Gasteiger partial charge in [-0.25, -0.2) is 8.42 Å². The number of hydrogen-bond acceptors (Lipinski definition) is 5. The fourth-order valence-electron chi connectivity index (χ4n) is 2.80. The summed E-state index contributed by atoms with van der Waals surface area (Å²) in [5.41, 5.74) is 1.36. The lowest BCUT2D eigenvalue weighted by Crippen LogP contribution is -2.28. The first-order valence-electron chi connectivity index (χ1n) is 9.98. The Labute approximate surface area is 187 Å². The maximum absolute atomic E-state index is 12.7. The zero-order valence-corrected chi connectivity index (χ0v) is 18.5. The van der Waals surface area contributed by atoms with Gasteiger partial charge in [-0.05, 0) is 54.4 Å². The quantitative estimate of drug-likeness (QED) is 0.483. The van der Waals surface area contributed by atoms with Crippen LogP contribution in [0.1, 0.15) is 34.6 Å². The predicted octanol–water partition coefficient (Wildman–Crippen LogP) is 3.52. The van der Waals surface area contributed by atoms with Crippen molar-refractivity contribution in [3.8, 4) is 0 Å². The summed E-state index contributed by atoms with van der Waals surface area (Å²) in [5, 5.41) is 5.55. The van der Waals surface area contributed by atoms with E-state index in [2.05, 4.69) is 20.3 Å². The third kappa shape index (κ3) is 5.92. The summed E-state index contributed by atoms with van der Waals surface area (Å²) in [4.78, 5) is 29.0. The lowest BCUT2D eigenvalue weighted by Gasteiger charge is -2.13. The zero-order chi connectivity index (χ0) is 23.1. The minimum atomic E-state index is -3.81. The van der Waals surface area contributed by atoms with Gasteiger partial charge in [0.2, 0.25) is 0 Å². The molecule has 9 heteroatoms. The summed E-state index contributed by atoms with van der Waals surface area (Å²) >= 11 is 0. The second-order valence-corrected chi connectivity index (χ2v) is 9.15. The Balaban J connectivity index is 1.73. The number of nitrogens with zero attached hydrogens (tertiary/aromatic N) is 1. The topological polar surface area (TPSA) is 117 Å². The van der Waals surface area contributed by atoms with Gasteiger partial charge in [-0.1, -0.05) is 26.0 Å². The molecule has 2 amide bonds. The van der Waals surface area contributed by atoms with Gasteiger partial charge in [0.1, 0.15) is 0 Å². The van der Waals surface area contributed by atoms with Crippen molar-refractivity contribution in [1.29, 1.82) is 0 Å². The van der Waals surface area contributed by atoms with Crippen LogP contribution < -0.4 is 15.4 Å². The smallest absolute Gasteiger partial charge is 0.261 e. The Morgan fingerprint density at radius 3 is 2.22 bits per heavy atom. The van der Waals surface area contributed by atoms with Crippen LogP contribution in [-0.4, -0.2) is 31.8 Å². The molecule has 3 rings (SSSR count). The van der Waals surface area contributed by atoms with Crippen molar-refractivity contribution in [2.24, 2.45) is 5.92 Å². The van der Waals surface area contributed by atoms with E-state index in [1.807, 2.05) is 13.8 Å². The normalized spacial score (nSPS) is 11.1. The summed E-state index contributed by atoms with van der Waals surface area (Å²) in [5.74, 6) is -0.443. The van der Waals surface area contributed by atoms with Gasteiger partial charge in [0.15, 0.2) is 0 Å². The summed E-state index contributed by atoms with van der Waals surface area (Å²) in [6.07, 6.45) is 2.96. The summed E-state index contributed by atoms with van der Waals surface area (Å²) in [6, 6.07) is 15.3. The summed E-state index contributed by atoms with van der Waals surface area (Å²) in [6.45, 7) is 4.50. The van der Waals surface area contributed by atoms with Crippen LogP contribution in [-0.2, 0) is 10.0 Å². The molecular formula is C23H24N4O4S. The first-order valence-corrected chi connectivity index (χ1v) is 11.5. The highest BCUT2D eigenvalue weighted by molar-refractivity contribution is 7.92. The number of nitrogens with one attached hydrogen (secondary N) is 3. The molecule has 8 nitrogen and oxygen atoms in total. The van der Waals surface area contributed by atoms with Crippen LogP contribution in [0.3, 0.4) is 0 Å². The average molecular weight is 453 g/mol. The number of benzene rings is 2.